The molecular weight excluding hydrogens is 444 g/mol. The minimum Gasteiger partial charge on any atom is -0.353 e. The van der Waals surface area contributed by atoms with E-state index < -0.39 is 0 Å². The Bertz CT molecular complexity index is 743. The van der Waals surface area contributed by atoms with Gasteiger partial charge in [0.2, 0.25) is 5.91 Å². The van der Waals surface area contributed by atoms with Crippen LogP contribution in [-0.4, -0.2) is 33.6 Å². The van der Waals surface area contributed by atoms with Crippen LogP contribution < -0.4 is 5.32 Å². The molecule has 1 aromatic carbocycles. The molecule has 0 spiro atoms. The third-order valence-corrected chi connectivity index (χ3v) is 6.70. The van der Waals surface area contributed by atoms with Gasteiger partial charge in [-0.05, 0) is 43.0 Å². The van der Waals surface area contributed by atoms with Gasteiger partial charge in [-0.15, -0.1) is 0 Å². The molecule has 1 saturated heterocycles. The lowest BCUT2D eigenvalue weighted by atomic mass is 9.95. The van der Waals surface area contributed by atoms with Gasteiger partial charge in [0, 0.05) is 23.5 Å². The van der Waals surface area contributed by atoms with Crippen LogP contribution >= 0.6 is 39.9 Å². The fourth-order valence-electron chi connectivity index (χ4n) is 3.35. The van der Waals surface area contributed by atoms with Crippen LogP contribution in [0, 0.1) is 0 Å². The lowest BCUT2D eigenvalue weighted by Crippen LogP contribution is -2.36. The summed E-state index contributed by atoms with van der Waals surface area (Å²) < 4.78 is 1.56. The topological polar surface area (TPSA) is 49.4 Å². The number of nitrogens with zero attached hydrogens (tertiary/aromatic N) is 1. The highest BCUT2D eigenvalue weighted by Gasteiger charge is 2.31. The van der Waals surface area contributed by atoms with Crippen molar-refractivity contribution in [1.29, 1.82) is 0 Å². The van der Waals surface area contributed by atoms with Crippen LogP contribution in [0.3, 0.4) is 0 Å². The van der Waals surface area contributed by atoms with Gasteiger partial charge >= 0.3 is 0 Å². The third kappa shape index (κ3) is 5.90. The van der Waals surface area contributed by atoms with Gasteiger partial charge in [-0.1, -0.05) is 71.3 Å². The van der Waals surface area contributed by atoms with Gasteiger partial charge in [0.05, 0.1) is 4.91 Å². The molecule has 1 aliphatic carbocycles. The Morgan fingerprint density at radius 1 is 1.26 bits per heavy atom. The molecule has 2 aliphatic rings. The lowest BCUT2D eigenvalue weighted by Gasteiger charge is -2.23. The summed E-state index contributed by atoms with van der Waals surface area (Å²) >= 11 is 10.1. The molecular formula is C20H23BrN2O2S2. The van der Waals surface area contributed by atoms with E-state index in [1.807, 2.05) is 30.3 Å². The van der Waals surface area contributed by atoms with Crippen LogP contribution in [-0.2, 0) is 9.59 Å². The van der Waals surface area contributed by atoms with Crippen LogP contribution in [0.4, 0.5) is 0 Å². The number of hydrogen-bond acceptors (Lipinski definition) is 4. The van der Waals surface area contributed by atoms with E-state index in [0.29, 0.717) is 34.7 Å². The third-order valence-electron chi connectivity index (χ3n) is 4.80. The molecule has 2 amide bonds. The molecule has 0 bridgehead atoms. The number of halogens is 1. The van der Waals surface area contributed by atoms with Crippen LogP contribution in [0.25, 0.3) is 6.08 Å². The van der Waals surface area contributed by atoms with Crippen molar-refractivity contribution in [3.8, 4) is 0 Å². The summed E-state index contributed by atoms with van der Waals surface area (Å²) in [4.78, 5) is 27.0. The van der Waals surface area contributed by atoms with E-state index in [9.17, 15) is 9.59 Å². The predicted octanol–water partition coefficient (Wildman–Crippen LogP) is 4.88. The fraction of sp³-hybridized carbons (Fsp3) is 0.450. The maximum atomic E-state index is 12.6. The highest BCUT2D eigenvalue weighted by atomic mass is 79.9. The Balaban J connectivity index is 1.48. The van der Waals surface area contributed by atoms with E-state index >= 15 is 0 Å². The second kappa shape index (κ2) is 9.85. The summed E-state index contributed by atoms with van der Waals surface area (Å²) in [5.74, 6) is 0.0124. The van der Waals surface area contributed by atoms with Crippen molar-refractivity contribution in [3.63, 3.8) is 0 Å². The number of amides is 2. The van der Waals surface area contributed by atoms with E-state index in [-0.39, 0.29) is 11.8 Å². The molecule has 1 heterocycles. The van der Waals surface area contributed by atoms with Gasteiger partial charge in [-0.25, -0.2) is 0 Å². The Morgan fingerprint density at radius 2 is 1.96 bits per heavy atom. The largest absolute Gasteiger partial charge is 0.353 e. The second-order valence-corrected chi connectivity index (χ2v) is 9.48. The first-order valence-electron chi connectivity index (χ1n) is 9.33. The minimum atomic E-state index is -0.0689. The molecule has 144 valence electrons. The Morgan fingerprint density at radius 3 is 2.67 bits per heavy atom. The SMILES string of the molecule is O=C(CCCN1C(=O)C(=Cc2ccc(Br)cc2)SC1=S)NC1CCCCC1. The predicted molar refractivity (Wildman–Crippen MR) is 118 cm³/mol. The van der Waals surface area contributed by atoms with Crippen molar-refractivity contribution in [2.75, 3.05) is 6.54 Å². The first kappa shape index (κ1) is 20.6. The number of rotatable bonds is 6. The highest BCUT2D eigenvalue weighted by Crippen LogP contribution is 2.32. The quantitative estimate of drug-likeness (QED) is 0.479. The zero-order chi connectivity index (χ0) is 19.2. The smallest absolute Gasteiger partial charge is 0.266 e. The number of thiocarbonyl (C=S) groups is 1. The molecule has 0 unspecified atom stereocenters. The average Bonchev–Trinajstić information content (AvgIpc) is 2.92. The van der Waals surface area contributed by atoms with Crippen molar-refractivity contribution in [2.45, 2.75) is 51.0 Å². The molecule has 1 N–H and O–H groups in total. The van der Waals surface area contributed by atoms with Gasteiger partial charge < -0.3 is 5.32 Å². The van der Waals surface area contributed by atoms with Crippen molar-refractivity contribution < 1.29 is 9.59 Å². The Kier molecular flexibility index (Phi) is 7.49. The molecule has 27 heavy (non-hydrogen) atoms. The minimum absolute atomic E-state index is 0.0689. The molecule has 7 heteroatoms. The molecule has 0 atom stereocenters. The van der Waals surface area contributed by atoms with Crippen LogP contribution in [0.15, 0.2) is 33.6 Å². The van der Waals surface area contributed by atoms with Crippen molar-refractivity contribution in [1.82, 2.24) is 10.2 Å². The summed E-state index contributed by atoms with van der Waals surface area (Å²) in [6.45, 7) is 0.487. The molecule has 3 rings (SSSR count). The van der Waals surface area contributed by atoms with Crippen molar-refractivity contribution in [3.05, 3.63) is 39.2 Å². The standard InChI is InChI=1S/C20H23BrN2O2S2/c21-15-10-8-14(9-11-15)13-17-19(25)23(20(26)27-17)12-4-7-18(24)22-16-5-2-1-3-6-16/h8-11,13,16H,1-7,12H2,(H,22,24). The van der Waals surface area contributed by atoms with Crippen LogP contribution in [0.5, 0.6) is 0 Å². The second-order valence-electron chi connectivity index (χ2n) is 6.89. The number of carbonyl (C=O) groups excluding carboxylic acids is 2. The van der Waals surface area contributed by atoms with E-state index in [1.165, 1.54) is 31.0 Å². The number of hydrogen-bond donors (Lipinski definition) is 1. The summed E-state index contributed by atoms with van der Waals surface area (Å²) in [7, 11) is 0. The van der Waals surface area contributed by atoms with Crippen molar-refractivity contribution in [2.24, 2.45) is 0 Å². The summed E-state index contributed by atoms with van der Waals surface area (Å²) in [5, 5.41) is 3.12. The summed E-state index contributed by atoms with van der Waals surface area (Å²) in [6.07, 6.45) is 8.76. The Hall–Kier alpha value is -1.18. The molecule has 1 saturated carbocycles. The first-order chi connectivity index (χ1) is 13.0. The first-order valence-corrected chi connectivity index (χ1v) is 11.3. The maximum absolute atomic E-state index is 12.6. The molecule has 1 aromatic rings. The molecule has 0 radical (unpaired) electrons. The highest BCUT2D eigenvalue weighted by molar-refractivity contribution is 9.10. The van der Waals surface area contributed by atoms with E-state index in [1.54, 1.807) is 4.90 Å². The molecule has 0 aromatic heterocycles. The number of benzene rings is 1. The van der Waals surface area contributed by atoms with Gasteiger partial charge in [0.15, 0.2) is 0 Å². The lowest BCUT2D eigenvalue weighted by molar-refractivity contribution is -0.124. The fourth-order valence-corrected chi connectivity index (χ4v) is 4.92. The maximum Gasteiger partial charge on any atom is 0.266 e. The van der Waals surface area contributed by atoms with Gasteiger partial charge in [-0.3, -0.25) is 14.5 Å². The molecule has 1 aliphatic heterocycles. The zero-order valence-electron chi connectivity index (χ0n) is 15.1. The van der Waals surface area contributed by atoms with Crippen molar-refractivity contribution >= 4 is 62.1 Å². The number of thioether (sulfide) groups is 1. The average molecular weight is 467 g/mol. The normalized spacial score (nSPS) is 19.7. The van der Waals surface area contributed by atoms with E-state index in [2.05, 4.69) is 21.2 Å². The molecule has 4 nitrogen and oxygen atoms in total. The van der Waals surface area contributed by atoms with Gasteiger partial charge in [0.25, 0.3) is 5.91 Å². The number of nitrogens with one attached hydrogen (secondary N) is 1. The van der Waals surface area contributed by atoms with E-state index in [0.717, 1.165) is 22.9 Å². The summed E-state index contributed by atoms with van der Waals surface area (Å²) in [6, 6.07) is 8.12. The van der Waals surface area contributed by atoms with Gasteiger partial charge in [-0.2, -0.15) is 0 Å². The number of carbonyl (C=O) groups is 2. The van der Waals surface area contributed by atoms with Gasteiger partial charge in [0.1, 0.15) is 4.32 Å². The summed E-state index contributed by atoms with van der Waals surface area (Å²) in [5.41, 5.74) is 0.963. The zero-order valence-corrected chi connectivity index (χ0v) is 18.3. The monoisotopic (exact) mass is 466 g/mol. The molecule has 2 fully saturated rings. The van der Waals surface area contributed by atoms with Crippen LogP contribution in [0.2, 0.25) is 0 Å². The van der Waals surface area contributed by atoms with Crippen LogP contribution in [0.1, 0.15) is 50.5 Å². The Labute approximate surface area is 178 Å². The van der Waals surface area contributed by atoms with E-state index in [4.69, 9.17) is 12.2 Å².